The van der Waals surface area contributed by atoms with Crippen LogP contribution in [0.1, 0.15) is 18.4 Å². The number of hydrogen-bond acceptors (Lipinski definition) is 5. The van der Waals surface area contributed by atoms with Gasteiger partial charge < -0.3 is 10.4 Å². The number of halogens is 1. The molecule has 1 aliphatic heterocycles. The van der Waals surface area contributed by atoms with Crippen LogP contribution in [0.3, 0.4) is 0 Å². The highest BCUT2D eigenvalue weighted by Crippen LogP contribution is 2.32. The average molecular weight is 433 g/mol. The molecule has 0 radical (unpaired) electrons. The molecule has 1 aliphatic rings. The number of nitrogens with zero attached hydrogens (tertiary/aromatic N) is 1. The van der Waals surface area contributed by atoms with E-state index in [9.17, 15) is 14.7 Å². The zero-order valence-electron chi connectivity index (χ0n) is 14.7. The Morgan fingerprint density at radius 1 is 1.18 bits per heavy atom. The van der Waals surface area contributed by atoms with Gasteiger partial charge in [0.1, 0.15) is 10.1 Å². The van der Waals surface area contributed by atoms with Gasteiger partial charge in [0.15, 0.2) is 0 Å². The van der Waals surface area contributed by atoms with E-state index in [1.54, 1.807) is 30.3 Å². The molecule has 8 heteroatoms. The van der Waals surface area contributed by atoms with Gasteiger partial charge in [-0.2, -0.15) is 0 Å². The molecule has 2 amide bonds. The van der Waals surface area contributed by atoms with Crippen molar-refractivity contribution < 1.29 is 14.7 Å². The molecule has 5 nitrogen and oxygen atoms in total. The number of aromatic hydroxyl groups is 1. The smallest absolute Gasteiger partial charge is 0.266 e. The average Bonchev–Trinajstić information content (AvgIpc) is 2.93. The summed E-state index contributed by atoms with van der Waals surface area (Å²) in [7, 11) is 0. The van der Waals surface area contributed by atoms with E-state index in [-0.39, 0.29) is 24.0 Å². The van der Waals surface area contributed by atoms with Gasteiger partial charge >= 0.3 is 0 Å². The van der Waals surface area contributed by atoms with Gasteiger partial charge in [-0.25, -0.2) is 0 Å². The van der Waals surface area contributed by atoms with Gasteiger partial charge in [-0.15, -0.1) is 0 Å². The fourth-order valence-electron chi connectivity index (χ4n) is 2.57. The van der Waals surface area contributed by atoms with Crippen LogP contribution in [0.15, 0.2) is 53.4 Å². The molecule has 1 saturated heterocycles. The number of thioether (sulfide) groups is 1. The van der Waals surface area contributed by atoms with E-state index in [0.29, 0.717) is 32.9 Å². The quantitative estimate of drug-likeness (QED) is 0.394. The van der Waals surface area contributed by atoms with Crippen LogP contribution >= 0.6 is 35.6 Å². The fraction of sp³-hybridized carbons (Fsp3) is 0.150. The van der Waals surface area contributed by atoms with Gasteiger partial charge in [-0.05, 0) is 54.5 Å². The third kappa shape index (κ3) is 5.34. The van der Waals surface area contributed by atoms with Gasteiger partial charge in [0.2, 0.25) is 5.91 Å². The number of anilines is 1. The molecule has 28 heavy (non-hydrogen) atoms. The summed E-state index contributed by atoms with van der Waals surface area (Å²) >= 11 is 12.4. The van der Waals surface area contributed by atoms with Crippen LogP contribution < -0.4 is 5.32 Å². The first-order chi connectivity index (χ1) is 13.4. The molecule has 0 aliphatic carbocycles. The molecule has 2 aromatic rings. The molecule has 0 atom stereocenters. The number of hydrogen-bond donors (Lipinski definition) is 2. The van der Waals surface area contributed by atoms with Crippen molar-refractivity contribution in [1.82, 2.24) is 4.90 Å². The highest BCUT2D eigenvalue weighted by Gasteiger charge is 2.31. The minimum atomic E-state index is -0.159. The zero-order chi connectivity index (χ0) is 20.1. The van der Waals surface area contributed by atoms with Crippen molar-refractivity contribution in [3.8, 4) is 5.75 Å². The van der Waals surface area contributed by atoms with Crippen LogP contribution in [0, 0.1) is 0 Å². The lowest BCUT2D eigenvalue weighted by Crippen LogP contribution is -2.29. The van der Waals surface area contributed by atoms with Crippen molar-refractivity contribution in [2.45, 2.75) is 12.8 Å². The van der Waals surface area contributed by atoms with E-state index >= 15 is 0 Å². The van der Waals surface area contributed by atoms with Crippen LogP contribution in [-0.4, -0.2) is 32.7 Å². The highest BCUT2D eigenvalue weighted by atomic mass is 35.5. The van der Waals surface area contributed by atoms with Crippen LogP contribution in [0.5, 0.6) is 5.75 Å². The lowest BCUT2D eigenvalue weighted by atomic mass is 10.2. The van der Waals surface area contributed by atoms with Crippen molar-refractivity contribution >= 4 is 63.5 Å². The van der Waals surface area contributed by atoms with E-state index in [1.165, 1.54) is 28.8 Å². The Morgan fingerprint density at radius 3 is 2.54 bits per heavy atom. The third-order valence-corrected chi connectivity index (χ3v) is 5.61. The Hall–Kier alpha value is -2.35. The lowest BCUT2D eigenvalue weighted by Gasteiger charge is -2.14. The first-order valence-corrected chi connectivity index (χ1v) is 10.1. The van der Waals surface area contributed by atoms with Crippen molar-refractivity contribution in [3.63, 3.8) is 0 Å². The number of nitrogens with one attached hydrogen (secondary N) is 1. The number of benzene rings is 2. The summed E-state index contributed by atoms with van der Waals surface area (Å²) in [5.74, 6) is -0.171. The molecule has 2 aromatic carbocycles. The normalized spacial score (nSPS) is 15.3. The second-order valence-electron chi connectivity index (χ2n) is 6.08. The molecule has 1 fully saturated rings. The molecule has 0 saturated carbocycles. The first kappa shape index (κ1) is 20.4. The monoisotopic (exact) mass is 432 g/mol. The zero-order valence-corrected chi connectivity index (χ0v) is 17.1. The van der Waals surface area contributed by atoms with Crippen LogP contribution in [-0.2, 0) is 9.59 Å². The van der Waals surface area contributed by atoms with Gasteiger partial charge in [-0.3, -0.25) is 14.5 Å². The largest absolute Gasteiger partial charge is 0.508 e. The SMILES string of the molecule is O=C(CCCN1C(=O)/C(=C/c2ccc(Cl)cc2)SC1=S)Nc1ccc(O)cc1. The van der Waals surface area contributed by atoms with E-state index in [1.807, 2.05) is 12.1 Å². The first-order valence-electron chi connectivity index (χ1n) is 8.52. The second kappa shape index (κ2) is 9.23. The van der Waals surface area contributed by atoms with E-state index in [0.717, 1.165) is 5.56 Å². The molecule has 0 spiro atoms. The number of carbonyl (C=O) groups excluding carboxylic acids is 2. The molecule has 0 bridgehead atoms. The van der Waals surface area contributed by atoms with Crippen LogP contribution in [0.2, 0.25) is 5.02 Å². The number of rotatable bonds is 6. The summed E-state index contributed by atoms with van der Waals surface area (Å²) in [5.41, 5.74) is 1.48. The van der Waals surface area contributed by atoms with Crippen molar-refractivity contribution in [2.75, 3.05) is 11.9 Å². The molecule has 2 N–H and O–H groups in total. The minimum absolute atomic E-state index is 0.138. The van der Waals surface area contributed by atoms with Gasteiger partial charge in [-0.1, -0.05) is 47.7 Å². The standard InChI is InChI=1S/C20H17ClN2O3S2/c21-14-5-3-13(4-6-14)12-17-19(26)23(20(27)28-17)11-1-2-18(25)22-15-7-9-16(24)10-8-15/h3-10,12,24H,1-2,11H2,(H,22,25)/b17-12-. The van der Waals surface area contributed by atoms with Crippen molar-refractivity contribution in [3.05, 3.63) is 64.0 Å². The van der Waals surface area contributed by atoms with Crippen LogP contribution in [0.4, 0.5) is 5.69 Å². The molecule has 1 heterocycles. The maximum Gasteiger partial charge on any atom is 0.266 e. The summed E-state index contributed by atoms with van der Waals surface area (Å²) in [6.45, 7) is 0.381. The second-order valence-corrected chi connectivity index (χ2v) is 8.20. The minimum Gasteiger partial charge on any atom is -0.508 e. The molecule has 3 rings (SSSR count). The number of carbonyl (C=O) groups is 2. The Labute approximate surface area is 177 Å². The molecular formula is C20H17ClN2O3S2. The van der Waals surface area contributed by atoms with Crippen molar-refractivity contribution in [2.24, 2.45) is 0 Å². The number of amides is 2. The third-order valence-electron chi connectivity index (χ3n) is 3.98. The summed E-state index contributed by atoms with van der Waals surface area (Å²) in [6.07, 6.45) is 2.53. The predicted molar refractivity (Wildman–Crippen MR) is 117 cm³/mol. The summed E-state index contributed by atoms with van der Waals surface area (Å²) in [6, 6.07) is 13.5. The number of phenolic OH excluding ortho intramolecular Hbond substituents is 1. The maximum atomic E-state index is 12.6. The Morgan fingerprint density at radius 2 is 1.86 bits per heavy atom. The Kier molecular flexibility index (Phi) is 6.72. The number of thiocarbonyl (C=S) groups is 1. The maximum absolute atomic E-state index is 12.6. The molecule has 0 unspecified atom stereocenters. The summed E-state index contributed by atoms with van der Waals surface area (Å²) in [4.78, 5) is 26.7. The Balaban J connectivity index is 1.52. The highest BCUT2D eigenvalue weighted by molar-refractivity contribution is 8.26. The Bertz CT molecular complexity index is 927. The van der Waals surface area contributed by atoms with E-state index in [2.05, 4.69) is 5.32 Å². The summed E-state index contributed by atoms with van der Waals surface area (Å²) < 4.78 is 0.490. The fourth-order valence-corrected chi connectivity index (χ4v) is 4.00. The van der Waals surface area contributed by atoms with E-state index < -0.39 is 0 Å². The predicted octanol–water partition coefficient (Wildman–Crippen LogP) is 4.67. The van der Waals surface area contributed by atoms with Gasteiger partial charge in [0, 0.05) is 23.7 Å². The number of phenols is 1. The summed E-state index contributed by atoms with van der Waals surface area (Å²) in [5, 5.41) is 12.6. The van der Waals surface area contributed by atoms with Gasteiger partial charge in [0.25, 0.3) is 5.91 Å². The lowest BCUT2D eigenvalue weighted by molar-refractivity contribution is -0.122. The molecule has 0 aromatic heterocycles. The van der Waals surface area contributed by atoms with Crippen molar-refractivity contribution in [1.29, 1.82) is 0 Å². The molecule has 144 valence electrons. The van der Waals surface area contributed by atoms with Crippen LogP contribution in [0.25, 0.3) is 6.08 Å². The molecular weight excluding hydrogens is 416 g/mol. The topological polar surface area (TPSA) is 69.6 Å². The van der Waals surface area contributed by atoms with E-state index in [4.69, 9.17) is 23.8 Å². The van der Waals surface area contributed by atoms with Gasteiger partial charge in [0.05, 0.1) is 4.91 Å².